The summed E-state index contributed by atoms with van der Waals surface area (Å²) in [7, 11) is 8.13. The minimum Gasteiger partial charge on any atom is -0.492 e. The van der Waals surface area contributed by atoms with Gasteiger partial charge in [-0.3, -0.25) is 4.90 Å². The summed E-state index contributed by atoms with van der Waals surface area (Å²) >= 11 is 0. The predicted molar refractivity (Wildman–Crippen MR) is 186 cm³/mol. The van der Waals surface area contributed by atoms with Crippen LogP contribution in [-0.2, 0) is 6.54 Å². The number of benzene rings is 3. The number of imidazole rings is 1. The van der Waals surface area contributed by atoms with Gasteiger partial charge in [0.1, 0.15) is 60.0 Å². The molecule has 9 nitrogen and oxygen atoms in total. The Morgan fingerprint density at radius 1 is 0.766 bits per heavy atom. The Labute approximate surface area is 278 Å². The number of likely N-dealkylation sites (N-methyl/N-ethyl adjacent to an activating group) is 2. The lowest BCUT2D eigenvalue weighted by molar-refractivity contribution is 0.238. The standard InChI is InChI=1S/C37H50FN5O4/c1-6-7-17-43-33-25-31(44-21-18-40(2)3)27-35(46-22-19-41(4)5)36(33)39-37(43)32-14-13-30(47-29-12-10-11-28(38)24-29)26-34(32)45-23-20-42-15-8-9-16-42/h10-14,24-27H,6-9,15-23H2,1-5H3. The Bertz CT molecular complexity index is 1580. The molecule has 0 spiro atoms. The van der Waals surface area contributed by atoms with Crippen LogP contribution in [-0.4, -0.2) is 105 Å². The van der Waals surface area contributed by atoms with Crippen LogP contribution in [0, 0.1) is 5.82 Å². The Morgan fingerprint density at radius 2 is 1.47 bits per heavy atom. The van der Waals surface area contributed by atoms with E-state index in [2.05, 4.69) is 32.3 Å². The molecule has 0 bridgehead atoms. The van der Waals surface area contributed by atoms with Gasteiger partial charge in [0, 0.05) is 50.4 Å². The molecule has 1 fully saturated rings. The fraction of sp³-hybridized carbons (Fsp3) is 0.486. The van der Waals surface area contributed by atoms with Gasteiger partial charge in [-0.25, -0.2) is 9.37 Å². The molecular weight excluding hydrogens is 597 g/mol. The molecule has 0 aliphatic carbocycles. The molecule has 1 aromatic heterocycles. The Kier molecular flexibility index (Phi) is 12.3. The number of hydrogen-bond donors (Lipinski definition) is 0. The highest BCUT2D eigenvalue weighted by Crippen LogP contribution is 2.40. The summed E-state index contributed by atoms with van der Waals surface area (Å²) in [6, 6.07) is 16.0. The van der Waals surface area contributed by atoms with Gasteiger partial charge in [-0.15, -0.1) is 0 Å². The Hall–Kier alpha value is -3.86. The van der Waals surface area contributed by atoms with Crippen LogP contribution < -0.4 is 18.9 Å². The van der Waals surface area contributed by atoms with E-state index in [9.17, 15) is 4.39 Å². The van der Waals surface area contributed by atoms with Crippen molar-refractivity contribution in [3.8, 4) is 40.1 Å². The first kappa shape index (κ1) is 34.5. The van der Waals surface area contributed by atoms with Gasteiger partial charge in [-0.05, 0) is 84.8 Å². The van der Waals surface area contributed by atoms with E-state index in [-0.39, 0.29) is 5.82 Å². The van der Waals surface area contributed by atoms with Crippen LogP contribution in [0.2, 0.25) is 0 Å². The molecule has 0 atom stereocenters. The van der Waals surface area contributed by atoms with Crippen LogP contribution in [0.5, 0.6) is 28.7 Å². The number of nitrogens with zero attached hydrogens (tertiary/aromatic N) is 5. The van der Waals surface area contributed by atoms with Gasteiger partial charge in [0.15, 0.2) is 5.75 Å². The van der Waals surface area contributed by atoms with Gasteiger partial charge in [0.05, 0.1) is 11.1 Å². The maximum Gasteiger partial charge on any atom is 0.150 e. The number of aryl methyl sites for hydroxylation is 1. The summed E-state index contributed by atoms with van der Waals surface area (Å²) in [5, 5.41) is 0. The summed E-state index contributed by atoms with van der Waals surface area (Å²) in [4.78, 5) is 11.9. The first-order chi connectivity index (χ1) is 22.8. The van der Waals surface area contributed by atoms with Gasteiger partial charge in [-0.1, -0.05) is 19.4 Å². The van der Waals surface area contributed by atoms with Crippen LogP contribution in [0.15, 0.2) is 54.6 Å². The monoisotopic (exact) mass is 647 g/mol. The number of ether oxygens (including phenoxy) is 4. The number of aromatic nitrogens is 2. The van der Waals surface area contributed by atoms with E-state index in [0.717, 1.165) is 80.3 Å². The zero-order valence-corrected chi connectivity index (χ0v) is 28.6. The summed E-state index contributed by atoms with van der Waals surface area (Å²) in [5.74, 6) is 3.56. The van der Waals surface area contributed by atoms with Gasteiger partial charge in [0.25, 0.3) is 0 Å². The van der Waals surface area contributed by atoms with Crippen LogP contribution in [0.4, 0.5) is 4.39 Å². The van der Waals surface area contributed by atoms with Crippen molar-refractivity contribution in [2.75, 3.05) is 80.7 Å². The normalized spacial score (nSPS) is 13.6. The highest BCUT2D eigenvalue weighted by molar-refractivity contribution is 5.88. The molecule has 47 heavy (non-hydrogen) atoms. The highest BCUT2D eigenvalue weighted by Gasteiger charge is 2.22. The molecular formula is C37H50FN5O4. The zero-order valence-electron chi connectivity index (χ0n) is 28.6. The summed E-state index contributed by atoms with van der Waals surface area (Å²) < 4.78 is 41.4. The smallest absolute Gasteiger partial charge is 0.150 e. The Morgan fingerprint density at radius 3 is 2.19 bits per heavy atom. The molecule has 0 unspecified atom stereocenters. The first-order valence-electron chi connectivity index (χ1n) is 16.8. The topological polar surface area (TPSA) is 64.5 Å². The fourth-order valence-electron chi connectivity index (χ4n) is 5.62. The second-order valence-corrected chi connectivity index (χ2v) is 12.6. The van der Waals surface area contributed by atoms with Crippen molar-refractivity contribution in [1.29, 1.82) is 0 Å². The maximum atomic E-state index is 13.9. The molecule has 0 radical (unpaired) electrons. The van der Waals surface area contributed by atoms with Crippen molar-refractivity contribution in [1.82, 2.24) is 24.3 Å². The molecule has 2 heterocycles. The SMILES string of the molecule is CCCCn1c(-c2ccc(Oc3cccc(F)c3)cc2OCCN2CCCC2)nc2c(OCCN(C)C)cc(OCCN(C)C)cc21. The largest absolute Gasteiger partial charge is 0.492 e. The maximum absolute atomic E-state index is 13.9. The van der Waals surface area contributed by atoms with E-state index < -0.39 is 0 Å². The number of fused-ring (bicyclic) bond motifs is 1. The second-order valence-electron chi connectivity index (χ2n) is 12.6. The third-order valence-electron chi connectivity index (χ3n) is 8.22. The van der Waals surface area contributed by atoms with Crippen LogP contribution in [0.3, 0.4) is 0 Å². The molecule has 10 heteroatoms. The minimum atomic E-state index is -0.348. The molecule has 4 aromatic rings. The quantitative estimate of drug-likeness (QED) is 0.117. The molecule has 3 aromatic carbocycles. The van der Waals surface area contributed by atoms with Crippen molar-refractivity contribution in [2.24, 2.45) is 0 Å². The lowest BCUT2D eigenvalue weighted by Gasteiger charge is -2.18. The van der Waals surface area contributed by atoms with Gasteiger partial charge in [-0.2, -0.15) is 0 Å². The first-order valence-corrected chi connectivity index (χ1v) is 16.8. The van der Waals surface area contributed by atoms with E-state index in [4.69, 9.17) is 23.9 Å². The lowest BCUT2D eigenvalue weighted by atomic mass is 10.1. The number of likely N-dealkylation sites (tertiary alicyclic amines) is 1. The fourth-order valence-corrected chi connectivity index (χ4v) is 5.62. The third kappa shape index (κ3) is 9.59. The molecule has 0 saturated carbocycles. The van der Waals surface area contributed by atoms with Crippen molar-refractivity contribution < 1.29 is 23.3 Å². The molecule has 1 aliphatic rings. The van der Waals surface area contributed by atoms with E-state index in [1.165, 1.54) is 25.0 Å². The number of rotatable bonds is 18. The van der Waals surface area contributed by atoms with Crippen molar-refractivity contribution in [3.63, 3.8) is 0 Å². The predicted octanol–water partition coefficient (Wildman–Crippen LogP) is 6.79. The minimum absolute atomic E-state index is 0.348. The molecule has 0 amide bonds. The molecule has 1 saturated heterocycles. The molecule has 0 N–H and O–H groups in total. The van der Waals surface area contributed by atoms with Gasteiger partial charge >= 0.3 is 0 Å². The van der Waals surface area contributed by atoms with Gasteiger partial charge in [0.2, 0.25) is 0 Å². The van der Waals surface area contributed by atoms with Crippen LogP contribution >= 0.6 is 0 Å². The van der Waals surface area contributed by atoms with E-state index in [0.29, 0.717) is 42.8 Å². The number of unbranched alkanes of at least 4 members (excludes halogenated alkanes) is 1. The summed E-state index contributed by atoms with van der Waals surface area (Å²) in [5.41, 5.74) is 2.61. The van der Waals surface area contributed by atoms with Crippen molar-refractivity contribution in [2.45, 2.75) is 39.2 Å². The molecule has 5 rings (SSSR count). The number of halogens is 1. The van der Waals surface area contributed by atoms with Crippen LogP contribution in [0.1, 0.15) is 32.6 Å². The summed E-state index contributed by atoms with van der Waals surface area (Å²) in [6.07, 6.45) is 4.46. The second kappa shape index (κ2) is 16.8. The van der Waals surface area contributed by atoms with Crippen LogP contribution in [0.25, 0.3) is 22.4 Å². The van der Waals surface area contributed by atoms with E-state index >= 15 is 0 Å². The van der Waals surface area contributed by atoms with Crippen molar-refractivity contribution in [3.05, 3.63) is 60.4 Å². The molecule has 1 aliphatic heterocycles. The zero-order chi connectivity index (χ0) is 33.2. The van der Waals surface area contributed by atoms with E-state index in [1.54, 1.807) is 12.1 Å². The van der Waals surface area contributed by atoms with Crippen molar-refractivity contribution >= 4 is 11.0 Å². The highest BCUT2D eigenvalue weighted by atomic mass is 19.1. The van der Waals surface area contributed by atoms with E-state index in [1.807, 2.05) is 52.5 Å². The Balaban J connectivity index is 1.56. The molecule has 254 valence electrons. The summed E-state index contributed by atoms with van der Waals surface area (Å²) in [6.45, 7) is 9.21. The lowest BCUT2D eigenvalue weighted by Crippen LogP contribution is -2.25. The average Bonchev–Trinajstić information content (AvgIpc) is 3.68. The average molecular weight is 648 g/mol. The van der Waals surface area contributed by atoms with Gasteiger partial charge < -0.3 is 33.3 Å². The third-order valence-corrected chi connectivity index (χ3v) is 8.22. The number of hydrogen-bond acceptors (Lipinski definition) is 8.